The highest BCUT2D eigenvalue weighted by atomic mass is 79.9. The monoisotopic (exact) mass is 467 g/mol. The van der Waals surface area contributed by atoms with Gasteiger partial charge in [0, 0.05) is 29.5 Å². The summed E-state index contributed by atoms with van der Waals surface area (Å²) in [5.41, 5.74) is 2.75. The third kappa shape index (κ3) is 4.32. The van der Waals surface area contributed by atoms with E-state index in [1.165, 1.54) is 4.68 Å². The van der Waals surface area contributed by atoms with Crippen LogP contribution < -0.4 is 10.6 Å². The number of hydrogen-bond donors (Lipinski definition) is 2. The van der Waals surface area contributed by atoms with Crippen LogP contribution in [0.15, 0.2) is 41.1 Å². The van der Waals surface area contributed by atoms with Gasteiger partial charge in [0.15, 0.2) is 5.82 Å². The fraction of sp³-hybridized carbons (Fsp3) is 0.167. The molecule has 2 heterocycles. The van der Waals surface area contributed by atoms with E-state index in [9.17, 15) is 4.79 Å². The van der Waals surface area contributed by atoms with Crippen LogP contribution in [0.3, 0.4) is 0 Å². The average Bonchev–Trinajstić information content (AvgIpc) is 3.00. The Hall–Kier alpha value is -1.93. The molecule has 0 aliphatic carbocycles. The molecule has 3 rings (SSSR count). The van der Waals surface area contributed by atoms with Crippen LogP contribution in [0.1, 0.15) is 21.6 Å². The third-order valence-corrected chi connectivity index (χ3v) is 4.74. The number of pyridine rings is 1. The summed E-state index contributed by atoms with van der Waals surface area (Å²) < 4.78 is 1.91. The fourth-order valence-corrected chi connectivity index (χ4v) is 3.58. The number of halogens is 3. The van der Waals surface area contributed by atoms with Gasteiger partial charge < -0.3 is 10.6 Å². The zero-order chi connectivity index (χ0) is 19.6. The Labute approximate surface area is 175 Å². The lowest BCUT2D eigenvalue weighted by atomic mass is 10.1. The minimum absolute atomic E-state index is 0.298. The van der Waals surface area contributed by atoms with Crippen LogP contribution >= 0.6 is 39.1 Å². The number of carbonyl (C=O) groups excluding carboxylic acids is 1. The Kier molecular flexibility index (Phi) is 6.16. The van der Waals surface area contributed by atoms with Gasteiger partial charge in [-0.1, -0.05) is 23.2 Å². The van der Waals surface area contributed by atoms with Crippen molar-refractivity contribution in [2.75, 3.05) is 12.4 Å². The molecule has 0 bridgehead atoms. The maximum absolute atomic E-state index is 13.0. The molecule has 9 heteroatoms. The van der Waals surface area contributed by atoms with Crippen molar-refractivity contribution in [3.63, 3.8) is 0 Å². The predicted molar refractivity (Wildman–Crippen MR) is 111 cm³/mol. The van der Waals surface area contributed by atoms with Crippen molar-refractivity contribution < 1.29 is 4.79 Å². The zero-order valence-electron chi connectivity index (χ0n) is 14.6. The van der Waals surface area contributed by atoms with Gasteiger partial charge in [-0.3, -0.25) is 4.79 Å². The Morgan fingerprint density at radius 2 is 2.07 bits per heavy atom. The van der Waals surface area contributed by atoms with E-state index in [0.29, 0.717) is 38.4 Å². The first-order valence-corrected chi connectivity index (χ1v) is 9.57. The zero-order valence-corrected chi connectivity index (χ0v) is 17.7. The fourth-order valence-electron chi connectivity index (χ4n) is 2.71. The highest BCUT2D eigenvalue weighted by Crippen LogP contribution is 2.27. The molecular formula is C18H16BrCl2N5O. The van der Waals surface area contributed by atoms with Crippen molar-refractivity contribution in [1.82, 2.24) is 20.1 Å². The van der Waals surface area contributed by atoms with Crippen LogP contribution in [-0.4, -0.2) is 27.7 Å². The van der Waals surface area contributed by atoms with Crippen molar-refractivity contribution in [3.05, 3.63) is 68.0 Å². The molecule has 0 fully saturated rings. The van der Waals surface area contributed by atoms with E-state index >= 15 is 0 Å². The van der Waals surface area contributed by atoms with E-state index in [2.05, 4.69) is 36.6 Å². The lowest BCUT2D eigenvalue weighted by Gasteiger charge is -2.15. The second-order valence-electron chi connectivity index (χ2n) is 5.81. The average molecular weight is 469 g/mol. The predicted octanol–water partition coefficient (Wildman–Crippen LogP) is 4.62. The summed E-state index contributed by atoms with van der Waals surface area (Å²) in [4.78, 5) is 17.2. The van der Waals surface area contributed by atoms with Gasteiger partial charge in [0.2, 0.25) is 0 Å². The SMILES string of the molecule is CNCc1cc(Cl)cc(C)c1NC(=O)c1cc(Br)nn1-c1ncccc1Cl. The number of carbonyl (C=O) groups is 1. The number of rotatable bonds is 5. The molecule has 3 aromatic rings. The summed E-state index contributed by atoms with van der Waals surface area (Å²) in [5, 5.41) is 11.3. The van der Waals surface area contributed by atoms with E-state index in [-0.39, 0.29) is 5.91 Å². The van der Waals surface area contributed by atoms with Gasteiger partial charge in [-0.25, -0.2) is 9.67 Å². The molecule has 0 aliphatic rings. The van der Waals surface area contributed by atoms with E-state index in [0.717, 1.165) is 11.1 Å². The number of hydrogen-bond acceptors (Lipinski definition) is 4. The first kappa shape index (κ1) is 19.8. The molecule has 0 radical (unpaired) electrons. The number of aryl methyl sites for hydroxylation is 1. The van der Waals surface area contributed by atoms with Crippen molar-refractivity contribution in [2.45, 2.75) is 13.5 Å². The summed E-state index contributed by atoms with van der Waals surface area (Å²) in [6.45, 7) is 2.45. The number of nitrogens with zero attached hydrogens (tertiary/aromatic N) is 3. The van der Waals surface area contributed by atoms with E-state index in [1.54, 1.807) is 30.5 Å². The quantitative estimate of drug-likeness (QED) is 0.573. The van der Waals surface area contributed by atoms with Gasteiger partial charge in [-0.05, 0) is 65.3 Å². The molecule has 0 saturated carbocycles. The Bertz CT molecular complexity index is 1010. The highest BCUT2D eigenvalue weighted by Gasteiger charge is 2.20. The first-order valence-electron chi connectivity index (χ1n) is 8.02. The molecule has 2 N–H and O–H groups in total. The van der Waals surface area contributed by atoms with Crippen LogP contribution in [0.25, 0.3) is 5.82 Å². The first-order chi connectivity index (χ1) is 12.9. The van der Waals surface area contributed by atoms with E-state index in [1.807, 2.05) is 20.0 Å². The summed E-state index contributed by atoms with van der Waals surface area (Å²) in [5.74, 6) is 0.0380. The molecule has 1 aromatic carbocycles. The van der Waals surface area contributed by atoms with Gasteiger partial charge in [-0.15, -0.1) is 0 Å². The molecular weight excluding hydrogens is 453 g/mol. The van der Waals surface area contributed by atoms with E-state index < -0.39 is 0 Å². The standard InChI is InChI=1S/C18H16BrCl2N5O/c1-10-6-12(20)7-11(9-22-2)16(10)24-18(27)14-8-15(19)25-26(14)17-13(21)4-3-5-23-17/h3-8,22H,9H2,1-2H3,(H,24,27). The number of anilines is 1. The van der Waals surface area contributed by atoms with Crippen molar-refractivity contribution in [1.29, 1.82) is 0 Å². The molecule has 0 aliphatic heterocycles. The Morgan fingerprint density at radius 1 is 1.30 bits per heavy atom. The van der Waals surface area contributed by atoms with Crippen molar-refractivity contribution >= 4 is 50.7 Å². The minimum Gasteiger partial charge on any atom is -0.320 e. The summed E-state index contributed by atoms with van der Waals surface area (Å²) in [6, 6.07) is 8.65. The van der Waals surface area contributed by atoms with Crippen molar-refractivity contribution in [2.24, 2.45) is 0 Å². The summed E-state index contributed by atoms with van der Waals surface area (Å²) in [6.07, 6.45) is 1.59. The highest BCUT2D eigenvalue weighted by molar-refractivity contribution is 9.10. The largest absolute Gasteiger partial charge is 0.320 e. The number of amides is 1. The Morgan fingerprint density at radius 3 is 2.78 bits per heavy atom. The van der Waals surface area contributed by atoms with Gasteiger partial charge >= 0.3 is 0 Å². The van der Waals surface area contributed by atoms with Crippen LogP contribution in [-0.2, 0) is 6.54 Å². The minimum atomic E-state index is -0.335. The third-order valence-electron chi connectivity index (χ3n) is 3.84. The van der Waals surface area contributed by atoms with Gasteiger partial charge in [0.1, 0.15) is 10.3 Å². The molecule has 0 atom stereocenters. The van der Waals surface area contributed by atoms with Gasteiger partial charge in [0.25, 0.3) is 5.91 Å². The maximum atomic E-state index is 13.0. The number of nitrogens with one attached hydrogen (secondary N) is 2. The maximum Gasteiger partial charge on any atom is 0.274 e. The van der Waals surface area contributed by atoms with Crippen LogP contribution in [0.2, 0.25) is 10.0 Å². The lowest BCUT2D eigenvalue weighted by Crippen LogP contribution is -2.20. The molecule has 0 saturated heterocycles. The molecule has 0 spiro atoms. The normalized spacial score (nSPS) is 10.9. The molecule has 1 amide bonds. The Balaban J connectivity index is 2.01. The molecule has 6 nitrogen and oxygen atoms in total. The molecule has 2 aromatic heterocycles. The second-order valence-corrected chi connectivity index (χ2v) is 7.47. The second kappa shape index (κ2) is 8.39. The molecule has 27 heavy (non-hydrogen) atoms. The molecule has 0 unspecified atom stereocenters. The van der Waals surface area contributed by atoms with Gasteiger partial charge in [0.05, 0.1) is 5.02 Å². The van der Waals surface area contributed by atoms with Crippen LogP contribution in [0.4, 0.5) is 5.69 Å². The van der Waals surface area contributed by atoms with Gasteiger partial charge in [-0.2, -0.15) is 5.10 Å². The van der Waals surface area contributed by atoms with E-state index in [4.69, 9.17) is 23.2 Å². The topological polar surface area (TPSA) is 71.8 Å². The lowest BCUT2D eigenvalue weighted by molar-refractivity contribution is 0.101. The summed E-state index contributed by atoms with van der Waals surface area (Å²) >= 11 is 15.7. The number of aromatic nitrogens is 3. The van der Waals surface area contributed by atoms with Crippen LogP contribution in [0.5, 0.6) is 0 Å². The smallest absolute Gasteiger partial charge is 0.274 e. The summed E-state index contributed by atoms with van der Waals surface area (Å²) in [7, 11) is 1.83. The van der Waals surface area contributed by atoms with Crippen molar-refractivity contribution in [3.8, 4) is 5.82 Å². The molecule has 140 valence electrons. The number of benzene rings is 1. The van der Waals surface area contributed by atoms with Crippen LogP contribution in [0, 0.1) is 6.92 Å².